The Morgan fingerprint density at radius 2 is 2.35 bits per heavy atom. The van der Waals surface area contributed by atoms with Crippen LogP contribution in [0.1, 0.15) is 37.1 Å². The quantitative estimate of drug-likeness (QED) is 0.911. The van der Waals surface area contributed by atoms with E-state index in [2.05, 4.69) is 22.0 Å². The van der Waals surface area contributed by atoms with Gasteiger partial charge in [0.05, 0.1) is 9.83 Å². The van der Waals surface area contributed by atoms with E-state index >= 15 is 0 Å². The van der Waals surface area contributed by atoms with Gasteiger partial charge in [-0.05, 0) is 47.8 Å². The molecule has 2 heterocycles. The van der Waals surface area contributed by atoms with Crippen LogP contribution in [0.5, 0.6) is 0 Å². The van der Waals surface area contributed by atoms with E-state index in [0.717, 1.165) is 23.2 Å². The highest BCUT2D eigenvalue weighted by Crippen LogP contribution is 2.35. The van der Waals surface area contributed by atoms with Crippen LogP contribution >= 0.6 is 27.3 Å². The summed E-state index contributed by atoms with van der Waals surface area (Å²) in [6.07, 6.45) is 2.45. The Kier molecular flexibility index (Phi) is 4.22. The zero-order valence-electron chi connectivity index (χ0n) is 9.86. The van der Waals surface area contributed by atoms with Gasteiger partial charge in [0.15, 0.2) is 0 Å². The molecule has 1 aromatic heterocycles. The molecule has 1 fully saturated rings. The third-order valence-electron chi connectivity index (χ3n) is 3.22. The summed E-state index contributed by atoms with van der Waals surface area (Å²) in [4.78, 5) is 15.2. The van der Waals surface area contributed by atoms with Crippen LogP contribution in [0.3, 0.4) is 0 Å². The Morgan fingerprint density at radius 3 is 2.94 bits per heavy atom. The predicted molar refractivity (Wildman–Crippen MR) is 74.0 cm³/mol. The fourth-order valence-electron chi connectivity index (χ4n) is 2.40. The zero-order valence-corrected chi connectivity index (χ0v) is 12.3. The molecule has 1 saturated heterocycles. The van der Waals surface area contributed by atoms with Crippen LogP contribution in [0.25, 0.3) is 0 Å². The van der Waals surface area contributed by atoms with Crippen LogP contribution in [0.15, 0.2) is 15.9 Å². The first-order chi connectivity index (χ1) is 8.13. The Balaban J connectivity index is 2.34. The summed E-state index contributed by atoms with van der Waals surface area (Å²) in [7, 11) is 0. The number of nitrogens with zero attached hydrogens (tertiary/aromatic N) is 1. The summed E-state index contributed by atoms with van der Waals surface area (Å²) in [5.41, 5.74) is 6.25. The molecule has 0 aromatic carbocycles. The highest BCUT2D eigenvalue weighted by molar-refractivity contribution is 9.11. The first-order valence-corrected chi connectivity index (χ1v) is 7.54. The van der Waals surface area contributed by atoms with Gasteiger partial charge in [-0.3, -0.25) is 4.79 Å². The summed E-state index contributed by atoms with van der Waals surface area (Å²) in [6.45, 7) is 2.75. The van der Waals surface area contributed by atoms with Crippen LogP contribution in [-0.2, 0) is 4.79 Å². The average Bonchev–Trinajstić information content (AvgIpc) is 2.65. The molecule has 2 atom stereocenters. The van der Waals surface area contributed by atoms with Gasteiger partial charge in [0.1, 0.15) is 0 Å². The molecule has 0 saturated carbocycles. The van der Waals surface area contributed by atoms with Gasteiger partial charge in [0.25, 0.3) is 0 Å². The van der Waals surface area contributed by atoms with E-state index < -0.39 is 0 Å². The number of rotatable bonds is 2. The number of carbonyl (C=O) groups excluding carboxylic acids is 1. The third kappa shape index (κ3) is 2.72. The van der Waals surface area contributed by atoms with Crippen LogP contribution in [0.2, 0.25) is 0 Å². The lowest BCUT2D eigenvalue weighted by Gasteiger charge is -2.32. The number of hydrogen-bond donors (Lipinski definition) is 1. The minimum absolute atomic E-state index is 0.0475. The number of thiophene rings is 1. The van der Waals surface area contributed by atoms with Crippen LogP contribution < -0.4 is 5.73 Å². The van der Waals surface area contributed by atoms with Crippen molar-refractivity contribution in [3.63, 3.8) is 0 Å². The number of amides is 1. The molecule has 0 aliphatic carbocycles. The van der Waals surface area contributed by atoms with Gasteiger partial charge < -0.3 is 10.6 Å². The van der Waals surface area contributed by atoms with Crippen molar-refractivity contribution in [3.8, 4) is 0 Å². The number of nitrogens with two attached hydrogens (primary N) is 1. The van der Waals surface area contributed by atoms with Gasteiger partial charge in [-0.2, -0.15) is 0 Å². The first-order valence-electron chi connectivity index (χ1n) is 5.93. The predicted octanol–water partition coefficient (Wildman–Crippen LogP) is 2.91. The molecule has 17 heavy (non-hydrogen) atoms. The summed E-state index contributed by atoms with van der Waals surface area (Å²) in [5, 5.41) is 0. The molecule has 0 radical (unpaired) electrons. The van der Waals surface area contributed by atoms with E-state index in [0.29, 0.717) is 6.42 Å². The third-order valence-corrected chi connectivity index (χ3v) is 4.91. The highest BCUT2D eigenvalue weighted by atomic mass is 79.9. The average molecular weight is 317 g/mol. The van der Waals surface area contributed by atoms with E-state index in [-0.39, 0.29) is 18.0 Å². The van der Waals surface area contributed by atoms with Crippen molar-refractivity contribution in [3.05, 3.63) is 20.8 Å². The maximum Gasteiger partial charge on any atom is 0.223 e. The van der Waals surface area contributed by atoms with Crippen molar-refractivity contribution < 1.29 is 4.79 Å². The molecule has 1 aliphatic heterocycles. The van der Waals surface area contributed by atoms with Gasteiger partial charge in [-0.25, -0.2) is 0 Å². The van der Waals surface area contributed by atoms with Crippen LogP contribution in [0.4, 0.5) is 0 Å². The summed E-state index contributed by atoms with van der Waals surface area (Å²) >= 11 is 5.14. The maximum absolute atomic E-state index is 12.0. The molecule has 5 heteroatoms. The molecule has 3 nitrogen and oxygen atoms in total. The minimum Gasteiger partial charge on any atom is -0.334 e. The van der Waals surface area contributed by atoms with Crippen molar-refractivity contribution >= 4 is 33.2 Å². The summed E-state index contributed by atoms with van der Waals surface area (Å²) < 4.78 is 1.09. The Labute approximate surface area is 114 Å². The van der Waals surface area contributed by atoms with Crippen LogP contribution in [0, 0.1) is 0 Å². The van der Waals surface area contributed by atoms with Crippen molar-refractivity contribution in [1.82, 2.24) is 4.90 Å². The largest absolute Gasteiger partial charge is 0.334 e. The van der Waals surface area contributed by atoms with Crippen molar-refractivity contribution in [2.75, 3.05) is 6.54 Å². The first kappa shape index (κ1) is 13.1. The lowest BCUT2D eigenvalue weighted by Crippen LogP contribution is -2.41. The zero-order chi connectivity index (χ0) is 12.4. The number of carbonyl (C=O) groups is 1. The SMILES string of the molecule is CCN1C(=O)CCCC(N)C1c1ccc(Br)s1. The number of likely N-dealkylation sites (tertiary alicyclic amines) is 1. The van der Waals surface area contributed by atoms with Gasteiger partial charge in [-0.1, -0.05) is 0 Å². The monoisotopic (exact) mass is 316 g/mol. The van der Waals surface area contributed by atoms with Gasteiger partial charge in [0, 0.05) is 23.9 Å². The van der Waals surface area contributed by atoms with Crippen molar-refractivity contribution in [2.24, 2.45) is 5.73 Å². The van der Waals surface area contributed by atoms with Gasteiger partial charge in [-0.15, -0.1) is 11.3 Å². The molecule has 1 amide bonds. The van der Waals surface area contributed by atoms with Crippen LogP contribution in [-0.4, -0.2) is 23.4 Å². The van der Waals surface area contributed by atoms with E-state index in [1.54, 1.807) is 11.3 Å². The normalized spacial score (nSPS) is 26.1. The molecule has 2 N–H and O–H groups in total. The van der Waals surface area contributed by atoms with Crippen molar-refractivity contribution in [2.45, 2.75) is 38.3 Å². The Bertz CT molecular complexity index is 407. The number of likely N-dealkylation sites (N-methyl/N-ethyl adjacent to an activating group) is 1. The molecular formula is C12H17BrN2OS. The fourth-order valence-corrected chi connectivity index (χ4v) is 4.01. The van der Waals surface area contributed by atoms with E-state index in [1.807, 2.05) is 17.9 Å². The molecule has 2 unspecified atom stereocenters. The Morgan fingerprint density at radius 1 is 1.59 bits per heavy atom. The smallest absolute Gasteiger partial charge is 0.223 e. The van der Waals surface area contributed by atoms with E-state index in [4.69, 9.17) is 5.73 Å². The second-order valence-corrected chi connectivity index (χ2v) is 6.82. The standard InChI is InChI=1S/C12H17BrN2OS/c1-2-15-11(16)5-3-4-8(14)12(15)9-6-7-10(13)17-9/h6-8,12H,2-5,14H2,1H3. The lowest BCUT2D eigenvalue weighted by molar-refractivity contribution is -0.132. The van der Waals surface area contributed by atoms with Gasteiger partial charge in [0.2, 0.25) is 5.91 Å². The van der Waals surface area contributed by atoms with Gasteiger partial charge >= 0.3 is 0 Å². The molecule has 94 valence electrons. The molecule has 0 spiro atoms. The second kappa shape index (κ2) is 5.50. The summed E-state index contributed by atoms with van der Waals surface area (Å²) in [5.74, 6) is 0.231. The molecule has 0 bridgehead atoms. The molecular weight excluding hydrogens is 300 g/mol. The lowest BCUT2D eigenvalue weighted by atomic mass is 10.0. The second-order valence-electron chi connectivity index (χ2n) is 4.32. The molecule has 1 aromatic rings. The van der Waals surface area contributed by atoms with E-state index in [1.165, 1.54) is 4.88 Å². The molecule has 2 rings (SSSR count). The summed E-state index contributed by atoms with van der Waals surface area (Å²) in [6, 6.07) is 4.19. The minimum atomic E-state index is 0.0475. The highest BCUT2D eigenvalue weighted by Gasteiger charge is 2.32. The maximum atomic E-state index is 12.0. The molecule has 1 aliphatic rings. The Hall–Kier alpha value is -0.390. The number of halogens is 1. The van der Waals surface area contributed by atoms with E-state index in [9.17, 15) is 4.79 Å². The topological polar surface area (TPSA) is 46.3 Å². The van der Waals surface area contributed by atoms with Crippen molar-refractivity contribution in [1.29, 1.82) is 0 Å². The fraction of sp³-hybridized carbons (Fsp3) is 0.583. The number of hydrogen-bond acceptors (Lipinski definition) is 3.